The molecule has 1 aromatic heterocycles. The minimum absolute atomic E-state index is 0.0494. The predicted octanol–water partition coefficient (Wildman–Crippen LogP) is 4.09. The van der Waals surface area contributed by atoms with Crippen molar-refractivity contribution in [1.29, 1.82) is 0 Å². The van der Waals surface area contributed by atoms with Crippen LogP contribution in [-0.2, 0) is 19.1 Å². The van der Waals surface area contributed by atoms with Crippen LogP contribution < -0.4 is 0 Å². The molecule has 8 atom stereocenters. The van der Waals surface area contributed by atoms with Crippen LogP contribution in [0.25, 0.3) is 6.08 Å². The summed E-state index contributed by atoms with van der Waals surface area (Å²) in [5, 5.41) is 24.0. The van der Waals surface area contributed by atoms with E-state index in [0.29, 0.717) is 0 Å². The maximum Gasteiger partial charge on any atom is 0.309 e. The van der Waals surface area contributed by atoms with Crippen LogP contribution in [0.4, 0.5) is 0 Å². The third-order valence-corrected chi connectivity index (χ3v) is 8.18. The smallest absolute Gasteiger partial charge is 0.309 e. The molecule has 0 aromatic carbocycles. The number of rotatable bonds is 2. The Morgan fingerprint density at radius 2 is 1.94 bits per heavy atom. The fourth-order valence-corrected chi connectivity index (χ4v) is 5.73. The van der Waals surface area contributed by atoms with Crippen molar-refractivity contribution in [2.24, 2.45) is 17.8 Å². The van der Waals surface area contributed by atoms with Crippen molar-refractivity contribution in [2.75, 3.05) is 0 Å². The van der Waals surface area contributed by atoms with E-state index in [0.717, 1.165) is 35.5 Å². The van der Waals surface area contributed by atoms with E-state index in [1.165, 1.54) is 0 Å². The van der Waals surface area contributed by atoms with Gasteiger partial charge in [-0.2, -0.15) is 0 Å². The number of hydrogen-bond acceptors (Lipinski definition) is 8. The summed E-state index contributed by atoms with van der Waals surface area (Å²) in [6.07, 6.45) is 1.41. The number of hydrogen-bond donors (Lipinski definition) is 2. The molecule has 2 aliphatic heterocycles. The average Bonchev–Trinajstić information content (AvgIpc) is 3.26. The van der Waals surface area contributed by atoms with Gasteiger partial charge in [0.25, 0.3) is 0 Å². The van der Waals surface area contributed by atoms with E-state index >= 15 is 0 Å². The van der Waals surface area contributed by atoms with Crippen molar-refractivity contribution in [3.63, 3.8) is 0 Å². The number of aromatic nitrogens is 1. The summed E-state index contributed by atoms with van der Waals surface area (Å²) in [7, 11) is 0. The van der Waals surface area contributed by atoms with Gasteiger partial charge in [0.15, 0.2) is 0 Å². The lowest BCUT2D eigenvalue weighted by Crippen LogP contribution is -2.35. The molecule has 0 radical (unpaired) electrons. The summed E-state index contributed by atoms with van der Waals surface area (Å²) in [4.78, 5) is 29.9. The number of epoxide rings is 1. The van der Waals surface area contributed by atoms with Crippen LogP contribution in [0.2, 0.25) is 0 Å². The lowest BCUT2D eigenvalue weighted by Gasteiger charge is -2.27. The normalized spacial score (nSPS) is 38.8. The van der Waals surface area contributed by atoms with Crippen molar-refractivity contribution in [2.45, 2.75) is 104 Å². The summed E-state index contributed by atoms with van der Waals surface area (Å²) in [6.45, 7) is 11.6. The molecule has 3 heterocycles. The summed E-state index contributed by atoms with van der Waals surface area (Å²) in [5.41, 5.74) is 1.37. The average molecular weight is 494 g/mol. The Kier molecular flexibility index (Phi) is 8.71. The van der Waals surface area contributed by atoms with Crippen molar-refractivity contribution < 1.29 is 29.3 Å². The van der Waals surface area contributed by atoms with Gasteiger partial charge in [-0.1, -0.05) is 27.2 Å². The first-order valence-electron chi connectivity index (χ1n) is 12.3. The number of Topliss-reactive ketones (excluding diaryl/α,β-unsaturated/α-hetero) is 1. The van der Waals surface area contributed by atoms with E-state index in [2.05, 4.69) is 11.9 Å². The molecule has 0 aliphatic carbocycles. The van der Waals surface area contributed by atoms with Crippen molar-refractivity contribution in [3.05, 3.63) is 21.7 Å². The van der Waals surface area contributed by atoms with E-state index in [9.17, 15) is 19.8 Å². The molecule has 0 bridgehead atoms. The van der Waals surface area contributed by atoms with E-state index in [4.69, 9.17) is 9.47 Å². The molecule has 190 valence electrons. The van der Waals surface area contributed by atoms with Crippen molar-refractivity contribution in [3.8, 4) is 0 Å². The maximum atomic E-state index is 12.8. The van der Waals surface area contributed by atoms with Crippen LogP contribution in [-0.4, -0.2) is 57.0 Å². The van der Waals surface area contributed by atoms with Crippen molar-refractivity contribution in [1.82, 2.24) is 4.98 Å². The number of aryl methyl sites for hydroxylation is 1. The summed E-state index contributed by atoms with van der Waals surface area (Å²) >= 11 is 1.56. The molecule has 8 heteroatoms. The quantitative estimate of drug-likeness (QED) is 0.472. The Bertz CT molecular complexity index is 913. The molecular weight excluding hydrogens is 454 g/mol. The largest absolute Gasteiger partial charge is 0.457 e. The highest BCUT2D eigenvalue weighted by molar-refractivity contribution is 7.09. The van der Waals surface area contributed by atoms with E-state index in [-0.39, 0.29) is 42.2 Å². The van der Waals surface area contributed by atoms with Gasteiger partial charge >= 0.3 is 5.97 Å². The van der Waals surface area contributed by atoms with E-state index in [1.807, 2.05) is 39.2 Å². The minimum Gasteiger partial charge on any atom is -0.457 e. The number of thiazole rings is 1. The van der Waals surface area contributed by atoms with Gasteiger partial charge in [0.05, 0.1) is 41.0 Å². The summed E-state index contributed by atoms with van der Waals surface area (Å²) < 4.78 is 12.0. The molecule has 0 unspecified atom stereocenters. The Hall–Kier alpha value is -1.61. The number of carbonyl (C=O) groups is 2. The van der Waals surface area contributed by atoms with Crippen LogP contribution >= 0.6 is 11.3 Å². The zero-order chi connectivity index (χ0) is 25.2. The lowest BCUT2D eigenvalue weighted by atomic mass is 9.83. The molecule has 34 heavy (non-hydrogen) atoms. The number of aliphatic hydroxyl groups is 2. The molecule has 2 N–H and O–H groups in total. The third kappa shape index (κ3) is 6.53. The number of cyclic esters (lactones) is 1. The fourth-order valence-electron chi connectivity index (χ4n) is 5.16. The fraction of sp³-hybridized carbons (Fsp3) is 0.731. The van der Waals surface area contributed by atoms with Gasteiger partial charge in [-0.15, -0.1) is 11.3 Å². The highest BCUT2D eigenvalue weighted by Crippen LogP contribution is 2.47. The van der Waals surface area contributed by atoms with Gasteiger partial charge < -0.3 is 19.7 Å². The zero-order valence-electron chi connectivity index (χ0n) is 21.1. The second-order valence-corrected chi connectivity index (χ2v) is 11.5. The third-order valence-electron chi connectivity index (χ3n) is 7.39. The first-order valence-corrected chi connectivity index (χ1v) is 13.2. The molecule has 0 spiro atoms. The Morgan fingerprint density at radius 3 is 2.59 bits per heavy atom. The highest BCUT2D eigenvalue weighted by atomic mass is 32.1. The number of fused-ring (bicyclic) bond motifs is 1. The molecule has 3 rings (SSSR count). The number of ether oxygens (including phenoxy) is 2. The van der Waals surface area contributed by atoms with Gasteiger partial charge in [-0.3, -0.25) is 9.59 Å². The second kappa shape index (κ2) is 11.0. The SMILES string of the molecule is C/C(=C\c1csc(C)n1)[C@H]1OC(=O)C[C@H](O)CC(=O)[C@H](C)[C@@H](O)[C@@H](C)CCC[C@@]2(C)O[C@H]2[C@@H]1C. The standard InChI is InChI=1S/C26H39NO6S/c1-14-8-7-9-26(6)25(33-26)17(4)24(15(2)10-19-13-34-18(5)27-19)32-22(30)12-20(28)11-21(29)16(3)23(14)31/h10,13-14,16-17,20,23-25,28,31H,7-9,11-12H2,1-6H3/b15-10+/t14-,16-,17+,20+,23-,24+,25-,26+/m0/s1. The van der Waals surface area contributed by atoms with Crippen LogP contribution in [0.5, 0.6) is 0 Å². The van der Waals surface area contributed by atoms with Crippen molar-refractivity contribution >= 4 is 29.2 Å². The van der Waals surface area contributed by atoms with E-state index < -0.39 is 30.2 Å². The van der Waals surface area contributed by atoms with Gasteiger partial charge in [0.2, 0.25) is 0 Å². The molecule has 1 aromatic rings. The number of carbonyl (C=O) groups excluding carboxylic acids is 2. The Balaban J connectivity index is 1.84. The number of aliphatic hydroxyl groups excluding tert-OH is 2. The second-order valence-electron chi connectivity index (χ2n) is 10.5. The summed E-state index contributed by atoms with van der Waals surface area (Å²) in [5.74, 6) is -1.56. The van der Waals surface area contributed by atoms with Crippen LogP contribution in [0.1, 0.15) is 77.4 Å². The number of nitrogens with zero attached hydrogens (tertiary/aromatic N) is 1. The van der Waals surface area contributed by atoms with Gasteiger partial charge in [-0.05, 0) is 51.2 Å². The topological polar surface area (TPSA) is 109 Å². The van der Waals surface area contributed by atoms with Gasteiger partial charge in [-0.25, -0.2) is 4.98 Å². The molecule has 2 saturated heterocycles. The molecule has 7 nitrogen and oxygen atoms in total. The maximum absolute atomic E-state index is 12.8. The molecular formula is C26H39NO6S. The number of ketones is 1. The zero-order valence-corrected chi connectivity index (χ0v) is 21.9. The first-order chi connectivity index (χ1) is 15.9. The molecule has 0 saturated carbocycles. The lowest BCUT2D eigenvalue weighted by molar-refractivity contribution is -0.152. The molecule has 2 aliphatic rings. The first kappa shape index (κ1) is 27.0. The predicted molar refractivity (Wildman–Crippen MR) is 131 cm³/mol. The summed E-state index contributed by atoms with van der Waals surface area (Å²) in [6, 6.07) is 0. The van der Waals surface area contributed by atoms with Gasteiger partial charge in [0.1, 0.15) is 11.9 Å². The van der Waals surface area contributed by atoms with E-state index in [1.54, 1.807) is 18.3 Å². The Labute approximate surface area is 206 Å². The van der Waals surface area contributed by atoms with Crippen LogP contribution in [0, 0.1) is 24.7 Å². The van der Waals surface area contributed by atoms with Crippen LogP contribution in [0.15, 0.2) is 11.0 Å². The highest BCUT2D eigenvalue weighted by Gasteiger charge is 2.56. The number of esters is 1. The molecule has 0 amide bonds. The van der Waals surface area contributed by atoms with Gasteiger partial charge in [0, 0.05) is 23.6 Å². The van der Waals surface area contributed by atoms with Crippen LogP contribution in [0.3, 0.4) is 0 Å². The monoisotopic (exact) mass is 493 g/mol. The minimum atomic E-state index is -1.15. The molecule has 2 fully saturated rings. The Morgan fingerprint density at radius 1 is 1.24 bits per heavy atom.